The number of hydrogen-bond donors (Lipinski definition) is 2. The monoisotopic (exact) mass is 366 g/mol. The summed E-state index contributed by atoms with van der Waals surface area (Å²) in [6.07, 6.45) is 0.851. The number of nitrogens with zero attached hydrogens (tertiary/aromatic N) is 1. The van der Waals surface area contributed by atoms with Gasteiger partial charge in [-0.25, -0.2) is 4.79 Å². The first-order chi connectivity index (χ1) is 12.9. The average molecular weight is 366 g/mol. The number of carbonyl (C=O) groups excluding carboxylic acids is 2. The molecule has 1 unspecified atom stereocenters. The van der Waals surface area contributed by atoms with Crippen molar-refractivity contribution in [2.24, 2.45) is 0 Å². The number of nitrogens with one attached hydrogen (secondary N) is 1. The zero-order chi connectivity index (χ0) is 19.4. The molecule has 2 N–H and O–H groups in total. The number of hydrogen-bond acceptors (Lipinski definition) is 3. The molecule has 2 amide bonds. The Hall–Kier alpha value is -3.15. The fourth-order valence-corrected chi connectivity index (χ4v) is 3.22. The van der Waals surface area contributed by atoms with Crippen LogP contribution in [0.15, 0.2) is 48.5 Å². The third-order valence-corrected chi connectivity index (χ3v) is 4.75. The van der Waals surface area contributed by atoms with Crippen molar-refractivity contribution in [2.75, 3.05) is 0 Å². The van der Waals surface area contributed by atoms with Crippen LogP contribution in [-0.2, 0) is 22.7 Å². The molecule has 0 saturated carbocycles. The predicted octanol–water partition coefficient (Wildman–Crippen LogP) is 2.50. The number of rotatable bonds is 6. The Morgan fingerprint density at radius 3 is 2.59 bits per heavy atom. The third kappa shape index (κ3) is 4.53. The van der Waals surface area contributed by atoms with Crippen LogP contribution in [0.5, 0.6) is 0 Å². The molecule has 1 heterocycles. The molecule has 1 fully saturated rings. The first kappa shape index (κ1) is 18.6. The number of amides is 2. The molecule has 6 nitrogen and oxygen atoms in total. The molecule has 2 aromatic carbocycles. The first-order valence-corrected chi connectivity index (χ1v) is 8.89. The number of aryl methyl sites for hydroxylation is 1. The molecular formula is C21H22N2O4. The van der Waals surface area contributed by atoms with E-state index in [2.05, 4.69) is 5.32 Å². The summed E-state index contributed by atoms with van der Waals surface area (Å²) in [4.78, 5) is 37.5. The maximum absolute atomic E-state index is 12.6. The van der Waals surface area contributed by atoms with Crippen LogP contribution in [0.2, 0.25) is 0 Å². The summed E-state index contributed by atoms with van der Waals surface area (Å²) in [5.41, 5.74) is 3.02. The van der Waals surface area contributed by atoms with Gasteiger partial charge in [0.2, 0.25) is 11.8 Å². The van der Waals surface area contributed by atoms with Gasteiger partial charge in [-0.15, -0.1) is 0 Å². The molecule has 0 aromatic heterocycles. The lowest BCUT2D eigenvalue weighted by atomic mass is 10.1. The SMILES string of the molecule is Cc1ccc(CN2C(=O)CCC2C(=O)NCc2cccc(C(=O)O)c2)cc1. The van der Waals surface area contributed by atoms with Crippen LogP contribution in [-0.4, -0.2) is 33.8 Å². The van der Waals surface area contributed by atoms with Crippen LogP contribution < -0.4 is 5.32 Å². The van der Waals surface area contributed by atoms with E-state index in [1.807, 2.05) is 31.2 Å². The topological polar surface area (TPSA) is 86.7 Å². The zero-order valence-electron chi connectivity index (χ0n) is 15.1. The van der Waals surface area contributed by atoms with Crippen LogP contribution >= 0.6 is 0 Å². The summed E-state index contributed by atoms with van der Waals surface area (Å²) < 4.78 is 0. The largest absolute Gasteiger partial charge is 0.478 e. The number of carboxylic acid groups (broad SMARTS) is 1. The van der Waals surface area contributed by atoms with Crippen LogP contribution in [0.3, 0.4) is 0 Å². The molecule has 27 heavy (non-hydrogen) atoms. The van der Waals surface area contributed by atoms with Crippen molar-refractivity contribution in [3.8, 4) is 0 Å². The minimum Gasteiger partial charge on any atom is -0.478 e. The molecule has 1 aliphatic heterocycles. The highest BCUT2D eigenvalue weighted by molar-refractivity contribution is 5.91. The molecule has 1 aliphatic rings. The third-order valence-electron chi connectivity index (χ3n) is 4.75. The zero-order valence-corrected chi connectivity index (χ0v) is 15.1. The minimum absolute atomic E-state index is 0.0244. The Morgan fingerprint density at radius 2 is 1.89 bits per heavy atom. The molecule has 6 heteroatoms. The van der Waals surface area contributed by atoms with Crippen molar-refractivity contribution in [2.45, 2.75) is 38.9 Å². The Kier molecular flexibility index (Phi) is 5.54. The number of benzene rings is 2. The highest BCUT2D eigenvalue weighted by Crippen LogP contribution is 2.22. The van der Waals surface area contributed by atoms with Crippen molar-refractivity contribution in [1.29, 1.82) is 0 Å². The highest BCUT2D eigenvalue weighted by atomic mass is 16.4. The Bertz CT molecular complexity index is 861. The van der Waals surface area contributed by atoms with E-state index in [0.717, 1.165) is 11.1 Å². The van der Waals surface area contributed by atoms with Gasteiger partial charge in [0.05, 0.1) is 5.56 Å². The van der Waals surface area contributed by atoms with Crippen LogP contribution in [0.25, 0.3) is 0 Å². The van der Waals surface area contributed by atoms with Crippen molar-refractivity contribution in [3.63, 3.8) is 0 Å². The lowest BCUT2D eigenvalue weighted by molar-refractivity contribution is -0.135. The van der Waals surface area contributed by atoms with E-state index in [-0.39, 0.29) is 23.9 Å². The molecule has 2 aromatic rings. The van der Waals surface area contributed by atoms with Gasteiger partial charge in [0.25, 0.3) is 0 Å². The van der Waals surface area contributed by atoms with E-state index in [4.69, 9.17) is 5.11 Å². The smallest absolute Gasteiger partial charge is 0.335 e. The molecule has 0 bridgehead atoms. The summed E-state index contributed by atoms with van der Waals surface area (Å²) >= 11 is 0. The van der Waals surface area contributed by atoms with E-state index in [1.165, 1.54) is 12.1 Å². The Labute approximate surface area is 157 Å². The second kappa shape index (κ2) is 8.03. The highest BCUT2D eigenvalue weighted by Gasteiger charge is 2.35. The fourth-order valence-electron chi connectivity index (χ4n) is 3.22. The van der Waals surface area contributed by atoms with Gasteiger partial charge in [0.1, 0.15) is 6.04 Å². The van der Waals surface area contributed by atoms with E-state index in [1.54, 1.807) is 17.0 Å². The molecular weight excluding hydrogens is 344 g/mol. The van der Waals surface area contributed by atoms with E-state index < -0.39 is 12.0 Å². The lowest BCUT2D eigenvalue weighted by Gasteiger charge is -2.24. The van der Waals surface area contributed by atoms with Gasteiger partial charge in [-0.1, -0.05) is 42.0 Å². The van der Waals surface area contributed by atoms with Gasteiger partial charge in [-0.05, 0) is 36.6 Å². The van der Waals surface area contributed by atoms with Crippen molar-refractivity contribution >= 4 is 17.8 Å². The van der Waals surface area contributed by atoms with E-state index >= 15 is 0 Å². The Balaban J connectivity index is 1.64. The molecule has 140 valence electrons. The quantitative estimate of drug-likeness (QED) is 0.822. The molecule has 1 saturated heterocycles. The molecule has 0 spiro atoms. The summed E-state index contributed by atoms with van der Waals surface area (Å²) in [6.45, 7) is 2.63. The second-order valence-electron chi connectivity index (χ2n) is 6.79. The maximum Gasteiger partial charge on any atom is 0.335 e. The van der Waals surface area contributed by atoms with Crippen LogP contribution in [0.1, 0.15) is 39.9 Å². The van der Waals surface area contributed by atoms with Crippen molar-refractivity contribution < 1.29 is 19.5 Å². The number of carboxylic acids is 1. The van der Waals surface area contributed by atoms with Crippen molar-refractivity contribution in [1.82, 2.24) is 10.2 Å². The van der Waals surface area contributed by atoms with E-state index in [0.29, 0.717) is 24.9 Å². The van der Waals surface area contributed by atoms with Gasteiger partial charge in [-0.2, -0.15) is 0 Å². The normalized spacial score (nSPS) is 16.4. The fraction of sp³-hybridized carbons (Fsp3) is 0.286. The molecule has 3 rings (SSSR count). The second-order valence-corrected chi connectivity index (χ2v) is 6.79. The minimum atomic E-state index is -1.01. The molecule has 1 atom stereocenters. The summed E-state index contributed by atoms with van der Waals surface area (Å²) in [6, 6.07) is 13.9. The lowest BCUT2D eigenvalue weighted by Crippen LogP contribution is -2.44. The maximum atomic E-state index is 12.6. The van der Waals surface area contributed by atoms with Gasteiger partial charge >= 0.3 is 5.97 Å². The van der Waals surface area contributed by atoms with Crippen LogP contribution in [0.4, 0.5) is 0 Å². The molecule has 0 aliphatic carbocycles. The van der Waals surface area contributed by atoms with Crippen LogP contribution in [0, 0.1) is 6.92 Å². The summed E-state index contributed by atoms with van der Waals surface area (Å²) in [5, 5.41) is 11.9. The number of carbonyl (C=O) groups is 3. The molecule has 0 radical (unpaired) electrons. The van der Waals surface area contributed by atoms with Gasteiger partial charge < -0.3 is 15.3 Å². The van der Waals surface area contributed by atoms with Gasteiger partial charge in [0, 0.05) is 19.5 Å². The van der Waals surface area contributed by atoms with E-state index in [9.17, 15) is 14.4 Å². The summed E-state index contributed by atoms with van der Waals surface area (Å²) in [5.74, 6) is -1.24. The summed E-state index contributed by atoms with van der Waals surface area (Å²) in [7, 11) is 0. The average Bonchev–Trinajstić information content (AvgIpc) is 3.02. The standard InChI is InChI=1S/C21H22N2O4/c1-14-5-7-15(8-6-14)13-23-18(9-10-19(23)24)20(25)22-12-16-3-2-4-17(11-16)21(26)27/h2-8,11,18H,9-10,12-13H2,1H3,(H,22,25)(H,26,27). The van der Waals surface area contributed by atoms with Gasteiger partial charge in [0.15, 0.2) is 0 Å². The van der Waals surface area contributed by atoms with Crippen molar-refractivity contribution in [3.05, 3.63) is 70.8 Å². The first-order valence-electron chi connectivity index (χ1n) is 8.89. The number of likely N-dealkylation sites (tertiary alicyclic amines) is 1. The predicted molar refractivity (Wildman–Crippen MR) is 100.0 cm³/mol. The Morgan fingerprint density at radius 1 is 1.15 bits per heavy atom. The van der Waals surface area contributed by atoms with Gasteiger partial charge in [-0.3, -0.25) is 9.59 Å². The number of aromatic carboxylic acids is 1.